The first-order valence-corrected chi connectivity index (χ1v) is 5.19. The van der Waals surface area contributed by atoms with Gasteiger partial charge in [-0.1, -0.05) is 0 Å². The number of hydrogen-bond donors (Lipinski definition) is 1. The van der Waals surface area contributed by atoms with Gasteiger partial charge in [-0.25, -0.2) is 0 Å². The summed E-state index contributed by atoms with van der Waals surface area (Å²) in [7, 11) is 1.57. The van der Waals surface area contributed by atoms with Crippen molar-refractivity contribution in [1.29, 1.82) is 0 Å². The van der Waals surface area contributed by atoms with Crippen LogP contribution in [0.5, 0.6) is 0 Å². The molecule has 0 aromatic heterocycles. The van der Waals surface area contributed by atoms with E-state index in [1.54, 1.807) is 12.0 Å². The van der Waals surface area contributed by atoms with Crippen LogP contribution in [0.25, 0.3) is 0 Å². The lowest BCUT2D eigenvalue weighted by molar-refractivity contribution is -0.148. The molecule has 0 spiro atoms. The Morgan fingerprint density at radius 3 is 2.62 bits per heavy atom. The molecule has 1 aliphatic heterocycles. The van der Waals surface area contributed by atoms with Gasteiger partial charge in [0.05, 0.1) is 19.6 Å². The fraction of sp³-hybridized carbons (Fsp3) is 0.800. The first-order valence-electron chi connectivity index (χ1n) is 5.19. The first kappa shape index (κ1) is 12.9. The standard InChI is InChI=1S/C10H17NO5/c1-15-2-3-16-7-9(12)11-5-8(6-11)4-10(13)14/h8H,2-7H2,1H3,(H,13,14). The van der Waals surface area contributed by atoms with Crippen molar-refractivity contribution in [3.05, 3.63) is 0 Å². The third kappa shape index (κ3) is 4.16. The zero-order chi connectivity index (χ0) is 12.0. The molecule has 1 amide bonds. The van der Waals surface area contributed by atoms with E-state index in [2.05, 4.69) is 0 Å². The molecular weight excluding hydrogens is 214 g/mol. The van der Waals surface area contributed by atoms with Gasteiger partial charge in [0.15, 0.2) is 0 Å². The minimum absolute atomic E-state index is 0.0448. The van der Waals surface area contributed by atoms with Crippen molar-refractivity contribution in [1.82, 2.24) is 4.90 Å². The third-order valence-corrected chi connectivity index (χ3v) is 2.43. The van der Waals surface area contributed by atoms with E-state index in [-0.39, 0.29) is 24.9 Å². The molecule has 16 heavy (non-hydrogen) atoms. The fourth-order valence-corrected chi connectivity index (χ4v) is 1.54. The number of hydrogen-bond acceptors (Lipinski definition) is 4. The molecule has 0 aliphatic carbocycles. The van der Waals surface area contributed by atoms with Crippen molar-refractivity contribution in [2.24, 2.45) is 5.92 Å². The molecule has 1 aliphatic rings. The van der Waals surface area contributed by atoms with Crippen molar-refractivity contribution < 1.29 is 24.2 Å². The topological polar surface area (TPSA) is 76.1 Å². The summed E-state index contributed by atoms with van der Waals surface area (Å²) < 4.78 is 9.85. The van der Waals surface area contributed by atoms with Crippen LogP contribution in [0, 0.1) is 5.92 Å². The summed E-state index contributed by atoms with van der Waals surface area (Å²) in [5.74, 6) is -0.799. The van der Waals surface area contributed by atoms with Crippen molar-refractivity contribution in [2.45, 2.75) is 6.42 Å². The molecule has 0 atom stereocenters. The molecule has 1 N–H and O–H groups in total. The van der Waals surface area contributed by atoms with Crippen molar-refractivity contribution in [3.8, 4) is 0 Å². The summed E-state index contributed by atoms with van der Waals surface area (Å²) in [6, 6.07) is 0. The highest BCUT2D eigenvalue weighted by atomic mass is 16.5. The molecular formula is C10H17NO5. The number of carboxylic acids is 1. The van der Waals surface area contributed by atoms with Gasteiger partial charge in [-0.2, -0.15) is 0 Å². The Labute approximate surface area is 94.1 Å². The van der Waals surface area contributed by atoms with Crippen LogP contribution in [-0.2, 0) is 19.1 Å². The SMILES string of the molecule is COCCOCC(=O)N1CC(CC(=O)O)C1. The van der Waals surface area contributed by atoms with Gasteiger partial charge in [-0.15, -0.1) is 0 Å². The monoisotopic (exact) mass is 231 g/mol. The number of amides is 1. The maximum absolute atomic E-state index is 11.4. The summed E-state index contributed by atoms with van der Waals surface area (Å²) in [6.45, 7) is 1.96. The minimum Gasteiger partial charge on any atom is -0.481 e. The van der Waals surface area contributed by atoms with E-state index < -0.39 is 5.97 Å². The highest BCUT2D eigenvalue weighted by Gasteiger charge is 2.31. The number of aliphatic carboxylic acids is 1. The van der Waals surface area contributed by atoms with Crippen LogP contribution >= 0.6 is 0 Å². The zero-order valence-corrected chi connectivity index (χ0v) is 9.35. The Morgan fingerprint density at radius 1 is 1.38 bits per heavy atom. The molecule has 0 saturated carbocycles. The Morgan fingerprint density at radius 2 is 2.06 bits per heavy atom. The summed E-state index contributed by atoms with van der Waals surface area (Å²) >= 11 is 0. The Bertz CT molecular complexity index is 250. The van der Waals surface area contributed by atoms with E-state index in [0.717, 1.165) is 0 Å². The van der Waals surface area contributed by atoms with Gasteiger partial charge in [0, 0.05) is 26.1 Å². The van der Waals surface area contributed by atoms with Crippen LogP contribution in [0.1, 0.15) is 6.42 Å². The van der Waals surface area contributed by atoms with Gasteiger partial charge in [-0.3, -0.25) is 9.59 Å². The predicted molar refractivity (Wildman–Crippen MR) is 55.0 cm³/mol. The Kier molecular flexibility index (Phi) is 5.21. The van der Waals surface area contributed by atoms with E-state index in [9.17, 15) is 9.59 Å². The second kappa shape index (κ2) is 6.44. The highest BCUT2D eigenvalue weighted by Crippen LogP contribution is 2.18. The van der Waals surface area contributed by atoms with Crippen molar-refractivity contribution in [3.63, 3.8) is 0 Å². The van der Waals surface area contributed by atoms with Crippen LogP contribution in [0.15, 0.2) is 0 Å². The molecule has 0 bridgehead atoms. The van der Waals surface area contributed by atoms with Gasteiger partial charge < -0.3 is 19.5 Å². The number of likely N-dealkylation sites (tertiary alicyclic amines) is 1. The van der Waals surface area contributed by atoms with Crippen LogP contribution in [0.3, 0.4) is 0 Å². The number of nitrogens with zero attached hydrogens (tertiary/aromatic N) is 1. The molecule has 1 saturated heterocycles. The summed E-state index contributed by atoms with van der Waals surface area (Å²) in [5, 5.41) is 8.53. The molecule has 0 unspecified atom stereocenters. The van der Waals surface area contributed by atoms with Gasteiger partial charge in [0.25, 0.3) is 0 Å². The number of rotatable bonds is 7. The minimum atomic E-state index is -0.812. The second-order valence-electron chi connectivity index (χ2n) is 3.81. The summed E-state index contributed by atoms with van der Waals surface area (Å²) in [4.78, 5) is 23.4. The summed E-state index contributed by atoms with van der Waals surface area (Å²) in [6.07, 6.45) is 0.133. The largest absolute Gasteiger partial charge is 0.481 e. The molecule has 6 nitrogen and oxygen atoms in total. The number of methoxy groups -OCH3 is 1. The van der Waals surface area contributed by atoms with Gasteiger partial charge in [-0.05, 0) is 0 Å². The molecule has 0 radical (unpaired) electrons. The van der Waals surface area contributed by atoms with Crippen LogP contribution < -0.4 is 0 Å². The van der Waals surface area contributed by atoms with E-state index >= 15 is 0 Å². The molecule has 0 aromatic rings. The third-order valence-electron chi connectivity index (χ3n) is 2.43. The van der Waals surface area contributed by atoms with E-state index in [0.29, 0.717) is 26.3 Å². The lowest BCUT2D eigenvalue weighted by Crippen LogP contribution is -2.51. The molecule has 0 aromatic carbocycles. The molecule has 92 valence electrons. The molecule has 1 heterocycles. The van der Waals surface area contributed by atoms with Crippen LogP contribution in [-0.4, -0.2) is 61.9 Å². The van der Waals surface area contributed by atoms with E-state index in [1.807, 2.05) is 0 Å². The van der Waals surface area contributed by atoms with Gasteiger partial charge in [0.1, 0.15) is 6.61 Å². The molecule has 6 heteroatoms. The molecule has 1 rings (SSSR count). The quantitative estimate of drug-likeness (QED) is 0.602. The average molecular weight is 231 g/mol. The Hall–Kier alpha value is -1.14. The van der Waals surface area contributed by atoms with E-state index in [4.69, 9.17) is 14.6 Å². The van der Waals surface area contributed by atoms with Crippen molar-refractivity contribution in [2.75, 3.05) is 40.0 Å². The number of carbonyl (C=O) groups excluding carboxylic acids is 1. The van der Waals surface area contributed by atoms with Gasteiger partial charge >= 0.3 is 5.97 Å². The Balaban J connectivity index is 2.05. The number of carbonyl (C=O) groups is 2. The van der Waals surface area contributed by atoms with E-state index in [1.165, 1.54) is 0 Å². The highest BCUT2D eigenvalue weighted by molar-refractivity contribution is 5.78. The lowest BCUT2D eigenvalue weighted by atomic mass is 9.96. The maximum atomic E-state index is 11.4. The second-order valence-corrected chi connectivity index (χ2v) is 3.81. The summed E-state index contributed by atoms with van der Waals surface area (Å²) in [5.41, 5.74) is 0. The smallest absolute Gasteiger partial charge is 0.303 e. The first-order chi connectivity index (χ1) is 7.63. The maximum Gasteiger partial charge on any atom is 0.303 e. The average Bonchev–Trinajstić information content (AvgIpc) is 2.17. The molecule has 1 fully saturated rings. The van der Waals surface area contributed by atoms with Crippen LogP contribution in [0.4, 0.5) is 0 Å². The van der Waals surface area contributed by atoms with Crippen molar-refractivity contribution >= 4 is 11.9 Å². The zero-order valence-electron chi connectivity index (χ0n) is 9.35. The fourth-order valence-electron chi connectivity index (χ4n) is 1.54. The number of ether oxygens (including phenoxy) is 2. The predicted octanol–water partition coefficient (Wildman–Crippen LogP) is -0.417. The van der Waals surface area contributed by atoms with Crippen LogP contribution in [0.2, 0.25) is 0 Å². The normalized spacial score (nSPS) is 15.9. The lowest BCUT2D eigenvalue weighted by Gasteiger charge is -2.38. The van der Waals surface area contributed by atoms with Gasteiger partial charge in [0.2, 0.25) is 5.91 Å². The number of carboxylic acid groups (broad SMARTS) is 1.